The highest BCUT2D eigenvalue weighted by Crippen LogP contribution is 2.30. The van der Waals surface area contributed by atoms with Gasteiger partial charge in [-0.2, -0.15) is 4.99 Å². The van der Waals surface area contributed by atoms with E-state index in [0.717, 1.165) is 24.6 Å². The summed E-state index contributed by atoms with van der Waals surface area (Å²) in [6.07, 6.45) is 1.28. The minimum absolute atomic E-state index is 0.0565. The summed E-state index contributed by atoms with van der Waals surface area (Å²) < 4.78 is 70.9. The molecule has 1 nitrogen and oxygen atoms in total. The number of benzene rings is 3. The third kappa shape index (κ3) is 5.05. The first-order chi connectivity index (χ1) is 14.8. The monoisotopic (exact) mass is 443 g/mol. The van der Waals surface area contributed by atoms with Crippen molar-refractivity contribution in [2.75, 3.05) is 0 Å². The molecule has 0 bridgehead atoms. The standard InChI is InChI=1S/C24H14F5NS/c1-2-3-15-9-20(26)18(21(27)10-15)7-5-14-4-6-17(19(25)8-14)16-11-22(28)24(30-13-31)23(29)12-16/h4,6,8-12H,2-3H2,1H3. The van der Waals surface area contributed by atoms with Gasteiger partial charge in [-0.1, -0.05) is 31.3 Å². The zero-order valence-electron chi connectivity index (χ0n) is 16.2. The molecular formula is C24H14F5NS. The van der Waals surface area contributed by atoms with Crippen molar-refractivity contribution in [3.63, 3.8) is 0 Å². The van der Waals surface area contributed by atoms with Crippen LogP contribution in [0.3, 0.4) is 0 Å². The SMILES string of the molecule is CCCc1cc(F)c(C#Cc2ccc(-c3cc(F)c(N=C=S)c(F)c3)c(F)c2)c(F)c1. The van der Waals surface area contributed by atoms with Gasteiger partial charge in [-0.15, -0.1) is 0 Å². The van der Waals surface area contributed by atoms with Gasteiger partial charge in [-0.25, -0.2) is 22.0 Å². The van der Waals surface area contributed by atoms with Crippen LogP contribution in [0.15, 0.2) is 47.5 Å². The minimum Gasteiger partial charge on any atom is -0.206 e. The summed E-state index contributed by atoms with van der Waals surface area (Å²) in [7, 11) is 0. The third-order valence-electron chi connectivity index (χ3n) is 4.43. The molecule has 3 rings (SSSR count). The Morgan fingerprint density at radius 2 is 1.45 bits per heavy atom. The number of thiocarbonyl (C=S) groups is 1. The first-order valence-corrected chi connectivity index (χ1v) is 9.61. The molecule has 0 N–H and O–H groups in total. The van der Waals surface area contributed by atoms with Crippen LogP contribution in [0.2, 0.25) is 0 Å². The molecule has 0 spiro atoms. The lowest BCUT2D eigenvalue weighted by Crippen LogP contribution is -1.95. The van der Waals surface area contributed by atoms with Crippen LogP contribution in [-0.4, -0.2) is 5.16 Å². The lowest BCUT2D eigenvalue weighted by molar-refractivity contribution is 0.573. The van der Waals surface area contributed by atoms with Crippen LogP contribution in [0.4, 0.5) is 27.6 Å². The molecule has 0 radical (unpaired) electrons. The summed E-state index contributed by atoms with van der Waals surface area (Å²) in [5, 5.41) is 1.87. The number of isothiocyanates is 1. The van der Waals surface area contributed by atoms with Crippen molar-refractivity contribution in [3.8, 4) is 23.0 Å². The summed E-state index contributed by atoms with van der Waals surface area (Å²) in [5.74, 6) is 0.450. The molecule has 3 aromatic rings. The van der Waals surface area contributed by atoms with Gasteiger partial charge in [-0.05, 0) is 66.2 Å². The number of aryl methyl sites for hydroxylation is 1. The average Bonchev–Trinajstić information content (AvgIpc) is 2.70. The first kappa shape index (κ1) is 22.4. The average molecular weight is 443 g/mol. The van der Waals surface area contributed by atoms with E-state index in [0.29, 0.717) is 12.0 Å². The number of hydrogen-bond acceptors (Lipinski definition) is 2. The Kier molecular flexibility index (Phi) is 6.96. The Morgan fingerprint density at radius 3 is 2.00 bits per heavy atom. The van der Waals surface area contributed by atoms with E-state index in [1.54, 1.807) is 0 Å². The van der Waals surface area contributed by atoms with Crippen LogP contribution in [0.1, 0.15) is 30.0 Å². The summed E-state index contributed by atoms with van der Waals surface area (Å²) in [4.78, 5) is 3.30. The Labute approximate surface area is 181 Å². The van der Waals surface area contributed by atoms with Gasteiger partial charge in [0.15, 0.2) is 11.6 Å². The van der Waals surface area contributed by atoms with E-state index in [9.17, 15) is 22.0 Å². The molecule has 3 aromatic carbocycles. The van der Waals surface area contributed by atoms with Gasteiger partial charge in [0.1, 0.15) is 23.1 Å². The highest BCUT2D eigenvalue weighted by atomic mass is 32.1. The van der Waals surface area contributed by atoms with Crippen LogP contribution in [0.5, 0.6) is 0 Å². The summed E-state index contributed by atoms with van der Waals surface area (Å²) >= 11 is 4.34. The van der Waals surface area contributed by atoms with Crippen molar-refractivity contribution in [1.29, 1.82) is 0 Å². The van der Waals surface area contributed by atoms with E-state index >= 15 is 0 Å². The molecule has 0 fully saturated rings. The summed E-state index contributed by atoms with van der Waals surface area (Å²) in [6, 6.07) is 7.95. The van der Waals surface area contributed by atoms with Crippen molar-refractivity contribution < 1.29 is 22.0 Å². The van der Waals surface area contributed by atoms with E-state index in [2.05, 4.69) is 29.1 Å². The normalized spacial score (nSPS) is 10.3. The maximum atomic E-state index is 14.6. The Hall–Kier alpha value is -3.33. The lowest BCUT2D eigenvalue weighted by atomic mass is 10.0. The molecule has 0 atom stereocenters. The highest BCUT2D eigenvalue weighted by Gasteiger charge is 2.14. The van der Waals surface area contributed by atoms with Crippen LogP contribution in [0, 0.1) is 40.9 Å². The van der Waals surface area contributed by atoms with Gasteiger partial charge in [0, 0.05) is 11.1 Å². The summed E-state index contributed by atoms with van der Waals surface area (Å²) in [6.45, 7) is 1.90. The van der Waals surface area contributed by atoms with Crippen molar-refractivity contribution in [1.82, 2.24) is 0 Å². The third-order valence-corrected chi connectivity index (χ3v) is 4.52. The van der Waals surface area contributed by atoms with Crippen molar-refractivity contribution >= 4 is 23.1 Å². The molecule has 0 unspecified atom stereocenters. The molecule has 0 aliphatic rings. The van der Waals surface area contributed by atoms with Crippen LogP contribution in [-0.2, 0) is 6.42 Å². The topological polar surface area (TPSA) is 12.4 Å². The van der Waals surface area contributed by atoms with E-state index in [1.165, 1.54) is 24.3 Å². The molecule has 156 valence electrons. The fourth-order valence-corrected chi connectivity index (χ4v) is 3.10. The van der Waals surface area contributed by atoms with Crippen molar-refractivity contribution in [2.45, 2.75) is 19.8 Å². The Morgan fingerprint density at radius 1 is 0.806 bits per heavy atom. The lowest BCUT2D eigenvalue weighted by Gasteiger charge is -2.06. The Bertz CT molecular complexity index is 1220. The second kappa shape index (κ2) is 9.65. The number of rotatable bonds is 4. The predicted octanol–water partition coefficient (Wildman–Crippen LogP) is 7.14. The molecule has 0 aromatic heterocycles. The fourth-order valence-electron chi connectivity index (χ4n) is 3.01. The van der Waals surface area contributed by atoms with Gasteiger partial charge in [0.05, 0.1) is 10.7 Å². The zero-order chi connectivity index (χ0) is 22.5. The zero-order valence-corrected chi connectivity index (χ0v) is 17.0. The van der Waals surface area contributed by atoms with Crippen molar-refractivity contribution in [3.05, 3.63) is 88.2 Å². The van der Waals surface area contributed by atoms with Gasteiger partial charge >= 0.3 is 0 Å². The molecular weight excluding hydrogens is 429 g/mol. The second-order valence-corrected chi connectivity index (χ2v) is 6.80. The van der Waals surface area contributed by atoms with Crippen molar-refractivity contribution in [2.24, 2.45) is 4.99 Å². The molecule has 31 heavy (non-hydrogen) atoms. The quantitative estimate of drug-likeness (QED) is 0.181. The van der Waals surface area contributed by atoms with Gasteiger partial charge in [-0.3, -0.25) is 0 Å². The van der Waals surface area contributed by atoms with Crippen LogP contribution < -0.4 is 0 Å². The van der Waals surface area contributed by atoms with E-state index < -0.39 is 40.3 Å². The van der Waals surface area contributed by atoms with E-state index in [4.69, 9.17) is 0 Å². The van der Waals surface area contributed by atoms with Crippen LogP contribution in [0.25, 0.3) is 11.1 Å². The predicted molar refractivity (Wildman–Crippen MR) is 113 cm³/mol. The number of aliphatic imine (C=N–C) groups is 1. The molecule has 0 saturated carbocycles. The van der Waals surface area contributed by atoms with Crippen LogP contribution >= 0.6 is 12.2 Å². The minimum atomic E-state index is -1.02. The highest BCUT2D eigenvalue weighted by molar-refractivity contribution is 7.78. The molecule has 0 heterocycles. The Balaban J connectivity index is 1.94. The second-order valence-electron chi connectivity index (χ2n) is 6.62. The molecule has 0 aliphatic heterocycles. The molecule has 0 saturated heterocycles. The summed E-state index contributed by atoms with van der Waals surface area (Å²) in [5.41, 5.74) is -0.499. The number of halogens is 5. The molecule has 0 amide bonds. The fraction of sp³-hybridized carbons (Fsp3) is 0.125. The largest absolute Gasteiger partial charge is 0.206 e. The molecule has 7 heteroatoms. The number of hydrogen-bond donors (Lipinski definition) is 0. The van der Waals surface area contributed by atoms with Gasteiger partial charge in [0.25, 0.3) is 0 Å². The van der Waals surface area contributed by atoms with Gasteiger partial charge in [0.2, 0.25) is 0 Å². The smallest absolute Gasteiger partial charge is 0.153 e. The van der Waals surface area contributed by atoms with E-state index in [1.807, 2.05) is 12.1 Å². The number of nitrogens with zero attached hydrogens (tertiary/aromatic N) is 1. The van der Waals surface area contributed by atoms with E-state index in [-0.39, 0.29) is 16.7 Å². The maximum Gasteiger partial charge on any atom is 0.153 e. The van der Waals surface area contributed by atoms with Gasteiger partial charge < -0.3 is 0 Å². The first-order valence-electron chi connectivity index (χ1n) is 9.20. The molecule has 0 aliphatic carbocycles. The maximum absolute atomic E-state index is 14.6.